The van der Waals surface area contributed by atoms with Gasteiger partial charge in [-0.1, -0.05) is 36.7 Å². The molecule has 0 spiro atoms. The summed E-state index contributed by atoms with van der Waals surface area (Å²) in [5.41, 5.74) is 7.65. The Labute approximate surface area is 113 Å². The Hall–Kier alpha value is -0.540. The van der Waals surface area contributed by atoms with Crippen LogP contribution in [0.2, 0.25) is 0 Å². The minimum absolute atomic E-state index is 0.149. The molecule has 1 aromatic carbocycles. The molecule has 96 valence electrons. The number of ether oxygens (including phenoxy) is 1. The fourth-order valence-electron chi connectivity index (χ4n) is 1.61. The average molecular weight is 300 g/mol. The first-order valence-electron chi connectivity index (χ1n) is 5.98. The van der Waals surface area contributed by atoms with Crippen molar-refractivity contribution in [2.24, 2.45) is 11.1 Å². The summed E-state index contributed by atoms with van der Waals surface area (Å²) in [6.45, 7) is 6.61. The fraction of sp³-hybridized carbons (Fsp3) is 0.571. The van der Waals surface area contributed by atoms with E-state index in [1.165, 1.54) is 5.56 Å². The second-order valence-corrected chi connectivity index (χ2v) is 5.96. The lowest BCUT2D eigenvalue weighted by Crippen LogP contribution is -2.38. The van der Waals surface area contributed by atoms with Crippen molar-refractivity contribution in [2.45, 2.75) is 39.7 Å². The summed E-state index contributed by atoms with van der Waals surface area (Å²) in [5.74, 6) is 0.879. The molecule has 0 saturated heterocycles. The van der Waals surface area contributed by atoms with Gasteiger partial charge in [-0.05, 0) is 42.0 Å². The minimum Gasteiger partial charge on any atom is -0.497 e. The van der Waals surface area contributed by atoms with Crippen LogP contribution >= 0.6 is 15.9 Å². The molecule has 1 aromatic rings. The molecule has 0 bridgehead atoms. The second kappa shape index (κ2) is 5.87. The largest absolute Gasteiger partial charge is 0.497 e. The van der Waals surface area contributed by atoms with E-state index >= 15 is 0 Å². The monoisotopic (exact) mass is 299 g/mol. The van der Waals surface area contributed by atoms with Crippen LogP contribution in [-0.4, -0.2) is 13.2 Å². The zero-order valence-corrected chi connectivity index (χ0v) is 12.7. The molecule has 0 radical (unpaired) electrons. The first-order chi connectivity index (χ1) is 7.90. The third-order valence-corrected chi connectivity index (χ3v) is 4.38. The van der Waals surface area contributed by atoms with E-state index in [2.05, 4.69) is 42.8 Å². The van der Waals surface area contributed by atoms with Crippen LogP contribution in [0, 0.1) is 5.41 Å². The summed E-state index contributed by atoms with van der Waals surface area (Å²) in [6, 6.07) is 6.16. The second-order valence-electron chi connectivity index (χ2n) is 5.11. The van der Waals surface area contributed by atoms with Crippen LogP contribution in [0.1, 0.15) is 32.8 Å². The Morgan fingerprint density at radius 1 is 1.41 bits per heavy atom. The first kappa shape index (κ1) is 14.5. The Kier molecular flexibility index (Phi) is 5.02. The Balaban J connectivity index is 2.87. The van der Waals surface area contributed by atoms with Gasteiger partial charge in [-0.2, -0.15) is 0 Å². The summed E-state index contributed by atoms with van der Waals surface area (Å²) < 4.78 is 6.34. The van der Waals surface area contributed by atoms with Crippen LogP contribution < -0.4 is 10.5 Å². The van der Waals surface area contributed by atoms with Crippen LogP contribution in [0.5, 0.6) is 5.75 Å². The minimum atomic E-state index is 0.149. The van der Waals surface area contributed by atoms with Crippen molar-refractivity contribution in [2.75, 3.05) is 7.11 Å². The molecule has 1 unspecified atom stereocenters. The summed E-state index contributed by atoms with van der Waals surface area (Å²) >= 11 is 3.57. The zero-order chi connectivity index (χ0) is 13.1. The van der Waals surface area contributed by atoms with Gasteiger partial charge in [-0.3, -0.25) is 0 Å². The number of nitrogens with two attached hydrogens (primary N) is 1. The third-order valence-electron chi connectivity index (χ3n) is 3.61. The van der Waals surface area contributed by atoms with E-state index in [0.29, 0.717) is 0 Å². The van der Waals surface area contributed by atoms with E-state index in [4.69, 9.17) is 10.5 Å². The topological polar surface area (TPSA) is 35.2 Å². The molecule has 2 nitrogen and oxygen atoms in total. The van der Waals surface area contributed by atoms with Crippen LogP contribution in [0.15, 0.2) is 22.7 Å². The average Bonchev–Trinajstić information content (AvgIpc) is 2.31. The van der Waals surface area contributed by atoms with E-state index in [1.807, 2.05) is 12.1 Å². The van der Waals surface area contributed by atoms with Crippen LogP contribution in [-0.2, 0) is 6.42 Å². The summed E-state index contributed by atoms with van der Waals surface area (Å²) in [7, 11) is 1.68. The highest BCUT2D eigenvalue weighted by Gasteiger charge is 2.25. The van der Waals surface area contributed by atoms with E-state index in [-0.39, 0.29) is 11.5 Å². The van der Waals surface area contributed by atoms with Gasteiger partial charge in [0, 0.05) is 10.5 Å². The van der Waals surface area contributed by atoms with Crippen molar-refractivity contribution < 1.29 is 4.74 Å². The molecule has 0 heterocycles. The predicted molar refractivity (Wildman–Crippen MR) is 76.4 cm³/mol. The number of hydrogen-bond acceptors (Lipinski definition) is 2. The Morgan fingerprint density at radius 2 is 2.06 bits per heavy atom. The summed E-state index contributed by atoms with van der Waals surface area (Å²) in [4.78, 5) is 0. The SMILES string of the molecule is CCC(C)(C)C(N)Cc1cc(OC)ccc1Br. The molecule has 2 N–H and O–H groups in total. The standard InChI is InChI=1S/C14H22BrNO/c1-5-14(2,3)13(16)9-10-8-11(17-4)6-7-12(10)15/h6-8,13H,5,9,16H2,1-4H3. The lowest BCUT2D eigenvalue weighted by atomic mass is 9.79. The summed E-state index contributed by atoms with van der Waals surface area (Å²) in [6.07, 6.45) is 1.94. The van der Waals surface area contributed by atoms with Crippen molar-refractivity contribution in [3.63, 3.8) is 0 Å². The van der Waals surface area contributed by atoms with Gasteiger partial charge in [-0.15, -0.1) is 0 Å². The third kappa shape index (κ3) is 3.71. The van der Waals surface area contributed by atoms with Gasteiger partial charge < -0.3 is 10.5 Å². The molecule has 1 atom stereocenters. The van der Waals surface area contributed by atoms with E-state index < -0.39 is 0 Å². The van der Waals surface area contributed by atoms with Crippen molar-refractivity contribution in [1.82, 2.24) is 0 Å². The van der Waals surface area contributed by atoms with Crippen molar-refractivity contribution in [3.8, 4) is 5.75 Å². The summed E-state index contributed by atoms with van der Waals surface area (Å²) in [5, 5.41) is 0. The molecule has 17 heavy (non-hydrogen) atoms. The number of rotatable bonds is 5. The van der Waals surface area contributed by atoms with E-state index in [1.54, 1.807) is 7.11 Å². The van der Waals surface area contributed by atoms with Crippen LogP contribution in [0.3, 0.4) is 0 Å². The van der Waals surface area contributed by atoms with Gasteiger partial charge in [0.05, 0.1) is 7.11 Å². The van der Waals surface area contributed by atoms with Gasteiger partial charge in [0.25, 0.3) is 0 Å². The highest BCUT2D eigenvalue weighted by molar-refractivity contribution is 9.10. The molecular weight excluding hydrogens is 278 g/mol. The maximum Gasteiger partial charge on any atom is 0.119 e. The van der Waals surface area contributed by atoms with Gasteiger partial charge >= 0.3 is 0 Å². The lowest BCUT2D eigenvalue weighted by molar-refractivity contribution is 0.272. The Bertz CT molecular complexity index is 376. The van der Waals surface area contributed by atoms with Gasteiger partial charge in [0.1, 0.15) is 5.75 Å². The molecule has 0 saturated carbocycles. The molecule has 0 aliphatic heterocycles. The number of methoxy groups -OCH3 is 1. The maximum absolute atomic E-state index is 6.29. The van der Waals surface area contributed by atoms with Gasteiger partial charge in [0.2, 0.25) is 0 Å². The van der Waals surface area contributed by atoms with Crippen molar-refractivity contribution >= 4 is 15.9 Å². The fourth-order valence-corrected chi connectivity index (χ4v) is 2.02. The van der Waals surface area contributed by atoms with Crippen molar-refractivity contribution in [3.05, 3.63) is 28.2 Å². The van der Waals surface area contributed by atoms with Crippen LogP contribution in [0.4, 0.5) is 0 Å². The first-order valence-corrected chi connectivity index (χ1v) is 6.78. The van der Waals surface area contributed by atoms with Gasteiger partial charge in [0.15, 0.2) is 0 Å². The Morgan fingerprint density at radius 3 is 2.59 bits per heavy atom. The molecule has 3 heteroatoms. The number of hydrogen-bond donors (Lipinski definition) is 1. The smallest absolute Gasteiger partial charge is 0.119 e. The highest BCUT2D eigenvalue weighted by Crippen LogP contribution is 2.29. The molecule has 0 amide bonds. The molecule has 0 aliphatic carbocycles. The molecular formula is C14H22BrNO. The van der Waals surface area contributed by atoms with E-state index in [0.717, 1.165) is 23.1 Å². The lowest BCUT2D eigenvalue weighted by Gasteiger charge is -2.30. The normalized spacial score (nSPS) is 13.5. The molecule has 1 rings (SSSR count). The molecule has 0 aliphatic rings. The van der Waals surface area contributed by atoms with Gasteiger partial charge in [-0.25, -0.2) is 0 Å². The molecule has 0 aromatic heterocycles. The van der Waals surface area contributed by atoms with E-state index in [9.17, 15) is 0 Å². The van der Waals surface area contributed by atoms with Crippen molar-refractivity contribution in [1.29, 1.82) is 0 Å². The zero-order valence-electron chi connectivity index (χ0n) is 11.1. The quantitative estimate of drug-likeness (QED) is 0.898. The highest BCUT2D eigenvalue weighted by atomic mass is 79.9. The molecule has 0 fully saturated rings. The number of halogens is 1. The number of benzene rings is 1. The maximum atomic E-state index is 6.29. The predicted octanol–water partition coefficient (Wildman–Crippen LogP) is 3.76. The van der Waals surface area contributed by atoms with Crippen LogP contribution in [0.25, 0.3) is 0 Å².